The number of rotatable bonds is 4. The van der Waals surface area contributed by atoms with Crippen LogP contribution in [0.3, 0.4) is 0 Å². The van der Waals surface area contributed by atoms with Crippen molar-refractivity contribution < 1.29 is 9.50 Å². The number of phenolic OH excluding ortho intramolecular Hbond substituents is 1. The molecule has 0 amide bonds. The van der Waals surface area contributed by atoms with Crippen LogP contribution in [-0.2, 0) is 6.54 Å². The van der Waals surface area contributed by atoms with Gasteiger partial charge in [-0.15, -0.1) is 24.0 Å². The lowest BCUT2D eigenvalue weighted by molar-refractivity contribution is 0.370. The third-order valence-electron chi connectivity index (χ3n) is 4.43. The van der Waals surface area contributed by atoms with E-state index in [1.807, 2.05) is 31.2 Å². The molecule has 0 aliphatic carbocycles. The van der Waals surface area contributed by atoms with Crippen molar-refractivity contribution in [2.75, 3.05) is 37.6 Å². The summed E-state index contributed by atoms with van der Waals surface area (Å²) in [7, 11) is 0. The Morgan fingerprint density at radius 3 is 2.52 bits per heavy atom. The highest BCUT2D eigenvalue weighted by molar-refractivity contribution is 14.0. The lowest BCUT2D eigenvalue weighted by Crippen LogP contribution is -2.52. The SMILES string of the molecule is CCNC(=NCc1cccc(O)c1)N1CCN(c2ccccc2F)CC1.I. The van der Waals surface area contributed by atoms with E-state index in [1.165, 1.54) is 6.07 Å². The second kappa shape index (κ2) is 10.3. The van der Waals surface area contributed by atoms with Crippen LogP contribution in [0.1, 0.15) is 12.5 Å². The third kappa shape index (κ3) is 5.72. The summed E-state index contributed by atoms with van der Waals surface area (Å²) >= 11 is 0. The molecule has 0 radical (unpaired) electrons. The second-order valence-corrected chi connectivity index (χ2v) is 6.27. The van der Waals surface area contributed by atoms with E-state index in [4.69, 9.17) is 4.99 Å². The first-order valence-electron chi connectivity index (χ1n) is 8.98. The summed E-state index contributed by atoms with van der Waals surface area (Å²) in [4.78, 5) is 8.96. The zero-order valence-corrected chi connectivity index (χ0v) is 17.8. The fraction of sp³-hybridized carbons (Fsp3) is 0.350. The quantitative estimate of drug-likeness (QED) is 0.397. The number of anilines is 1. The Balaban J connectivity index is 0.00000261. The van der Waals surface area contributed by atoms with E-state index < -0.39 is 0 Å². The summed E-state index contributed by atoms with van der Waals surface area (Å²) in [6.45, 7) is 6.38. The van der Waals surface area contributed by atoms with Crippen molar-refractivity contribution in [2.24, 2.45) is 4.99 Å². The molecule has 0 atom stereocenters. The van der Waals surface area contributed by atoms with Crippen LogP contribution in [0.15, 0.2) is 53.5 Å². The van der Waals surface area contributed by atoms with Gasteiger partial charge in [-0.3, -0.25) is 0 Å². The first-order chi connectivity index (χ1) is 12.7. The van der Waals surface area contributed by atoms with Gasteiger partial charge in [-0.2, -0.15) is 0 Å². The number of halogens is 2. The van der Waals surface area contributed by atoms with Gasteiger partial charge in [0.2, 0.25) is 0 Å². The van der Waals surface area contributed by atoms with Gasteiger partial charge in [-0.25, -0.2) is 9.38 Å². The predicted octanol–water partition coefficient (Wildman–Crippen LogP) is 3.44. The molecule has 3 rings (SSSR count). The fourth-order valence-corrected chi connectivity index (χ4v) is 3.11. The molecule has 5 nitrogen and oxygen atoms in total. The minimum Gasteiger partial charge on any atom is -0.508 e. The summed E-state index contributed by atoms with van der Waals surface area (Å²) in [5.74, 6) is 0.927. The highest BCUT2D eigenvalue weighted by Crippen LogP contribution is 2.20. The molecule has 1 saturated heterocycles. The van der Waals surface area contributed by atoms with Crippen molar-refractivity contribution in [1.29, 1.82) is 0 Å². The molecule has 146 valence electrons. The summed E-state index contributed by atoms with van der Waals surface area (Å²) in [6.07, 6.45) is 0. The lowest BCUT2D eigenvalue weighted by atomic mass is 10.2. The van der Waals surface area contributed by atoms with Gasteiger partial charge in [0.25, 0.3) is 0 Å². The number of para-hydroxylation sites is 1. The molecule has 0 bridgehead atoms. The van der Waals surface area contributed by atoms with Crippen LogP contribution in [0, 0.1) is 5.82 Å². The molecule has 0 saturated carbocycles. The van der Waals surface area contributed by atoms with Crippen molar-refractivity contribution in [2.45, 2.75) is 13.5 Å². The zero-order chi connectivity index (χ0) is 18.4. The Hall–Kier alpha value is -2.03. The molecule has 2 aromatic carbocycles. The smallest absolute Gasteiger partial charge is 0.194 e. The van der Waals surface area contributed by atoms with E-state index in [-0.39, 0.29) is 35.5 Å². The van der Waals surface area contributed by atoms with Gasteiger partial charge in [0.15, 0.2) is 5.96 Å². The highest BCUT2D eigenvalue weighted by Gasteiger charge is 2.21. The van der Waals surface area contributed by atoms with Crippen LogP contribution in [0.4, 0.5) is 10.1 Å². The molecule has 0 unspecified atom stereocenters. The molecule has 1 fully saturated rings. The zero-order valence-electron chi connectivity index (χ0n) is 15.4. The van der Waals surface area contributed by atoms with Crippen LogP contribution in [0.5, 0.6) is 5.75 Å². The van der Waals surface area contributed by atoms with Crippen LogP contribution < -0.4 is 10.2 Å². The Labute approximate surface area is 176 Å². The number of aliphatic imine (C=N–C) groups is 1. The van der Waals surface area contributed by atoms with Gasteiger partial charge in [-0.1, -0.05) is 24.3 Å². The Bertz CT molecular complexity index is 763. The largest absolute Gasteiger partial charge is 0.508 e. The molecule has 2 aromatic rings. The number of aromatic hydroxyl groups is 1. The average Bonchev–Trinajstić information content (AvgIpc) is 2.66. The molecule has 27 heavy (non-hydrogen) atoms. The maximum atomic E-state index is 14.0. The normalized spacial score (nSPS) is 14.7. The van der Waals surface area contributed by atoms with Crippen molar-refractivity contribution in [1.82, 2.24) is 10.2 Å². The first kappa shape index (κ1) is 21.3. The fourth-order valence-electron chi connectivity index (χ4n) is 3.11. The first-order valence-corrected chi connectivity index (χ1v) is 8.98. The molecule has 1 aliphatic rings. The van der Waals surface area contributed by atoms with Crippen molar-refractivity contribution in [3.63, 3.8) is 0 Å². The number of nitrogens with zero attached hydrogens (tertiary/aromatic N) is 3. The average molecular weight is 484 g/mol. The van der Waals surface area contributed by atoms with Crippen molar-refractivity contribution in [3.8, 4) is 5.75 Å². The number of benzene rings is 2. The third-order valence-corrected chi connectivity index (χ3v) is 4.43. The predicted molar refractivity (Wildman–Crippen MR) is 119 cm³/mol. The number of piperazine rings is 1. The van der Waals surface area contributed by atoms with Gasteiger partial charge >= 0.3 is 0 Å². The molecule has 0 spiro atoms. The van der Waals surface area contributed by atoms with E-state index in [2.05, 4.69) is 15.1 Å². The minimum atomic E-state index is -0.176. The van der Waals surface area contributed by atoms with Gasteiger partial charge in [-0.05, 0) is 36.8 Å². The Morgan fingerprint density at radius 1 is 1.11 bits per heavy atom. The number of guanidine groups is 1. The molecule has 0 aromatic heterocycles. The van der Waals surface area contributed by atoms with Gasteiger partial charge in [0.05, 0.1) is 12.2 Å². The minimum absolute atomic E-state index is 0. The molecular weight excluding hydrogens is 458 g/mol. The maximum Gasteiger partial charge on any atom is 0.194 e. The summed E-state index contributed by atoms with van der Waals surface area (Å²) in [5.41, 5.74) is 1.62. The Kier molecular flexibility index (Phi) is 8.15. The van der Waals surface area contributed by atoms with Crippen LogP contribution >= 0.6 is 24.0 Å². The van der Waals surface area contributed by atoms with Gasteiger partial charge in [0.1, 0.15) is 11.6 Å². The van der Waals surface area contributed by atoms with Gasteiger partial charge in [0, 0.05) is 32.7 Å². The highest BCUT2D eigenvalue weighted by atomic mass is 127. The van der Waals surface area contributed by atoms with Crippen LogP contribution in [0.2, 0.25) is 0 Å². The lowest BCUT2D eigenvalue weighted by Gasteiger charge is -2.37. The van der Waals surface area contributed by atoms with E-state index in [0.29, 0.717) is 12.2 Å². The van der Waals surface area contributed by atoms with E-state index >= 15 is 0 Å². The number of phenols is 1. The molecule has 1 heterocycles. The monoisotopic (exact) mass is 484 g/mol. The van der Waals surface area contributed by atoms with Crippen molar-refractivity contribution in [3.05, 3.63) is 59.9 Å². The standard InChI is InChI=1S/C20H25FN4O.HI/c1-2-22-20(23-15-16-6-5-7-17(26)14-16)25-12-10-24(11-13-25)19-9-4-3-8-18(19)21;/h3-9,14,26H,2,10-13,15H2,1H3,(H,22,23);1H. The number of hydrogen-bond donors (Lipinski definition) is 2. The maximum absolute atomic E-state index is 14.0. The molecule has 7 heteroatoms. The van der Waals surface area contributed by atoms with Crippen LogP contribution in [0.25, 0.3) is 0 Å². The molecular formula is C20H26FIN4O. The van der Waals surface area contributed by atoms with E-state index in [1.54, 1.807) is 18.2 Å². The summed E-state index contributed by atoms with van der Waals surface area (Å²) in [6, 6.07) is 14.1. The number of hydrogen-bond acceptors (Lipinski definition) is 3. The Morgan fingerprint density at radius 2 is 1.85 bits per heavy atom. The summed E-state index contributed by atoms with van der Waals surface area (Å²) < 4.78 is 14.0. The summed E-state index contributed by atoms with van der Waals surface area (Å²) in [5, 5.41) is 12.9. The molecule has 1 aliphatic heterocycles. The second-order valence-electron chi connectivity index (χ2n) is 6.27. The van der Waals surface area contributed by atoms with Crippen LogP contribution in [-0.4, -0.2) is 48.7 Å². The van der Waals surface area contributed by atoms with E-state index in [9.17, 15) is 9.50 Å². The van der Waals surface area contributed by atoms with E-state index in [0.717, 1.165) is 44.2 Å². The van der Waals surface area contributed by atoms with Gasteiger partial charge < -0.3 is 20.2 Å². The molecule has 2 N–H and O–H groups in total. The van der Waals surface area contributed by atoms with Crippen molar-refractivity contribution >= 4 is 35.6 Å². The topological polar surface area (TPSA) is 51.1 Å². The number of nitrogens with one attached hydrogen (secondary N) is 1.